The average Bonchev–Trinajstić information content (AvgIpc) is 2.04. The van der Waals surface area contributed by atoms with Crippen LogP contribution in [0.1, 0.15) is 33.1 Å². The lowest BCUT2D eigenvalue weighted by molar-refractivity contribution is 0.228. The highest BCUT2D eigenvalue weighted by Gasteiger charge is 1.95. The van der Waals surface area contributed by atoms with Gasteiger partial charge < -0.3 is 5.11 Å². The third-order valence-electron chi connectivity index (χ3n) is 1.36. The molecule has 0 saturated carbocycles. The van der Waals surface area contributed by atoms with Crippen molar-refractivity contribution >= 4 is 0 Å². The molecule has 1 N–H and O–H groups in total. The van der Waals surface area contributed by atoms with Crippen LogP contribution in [0.5, 0.6) is 0 Å². The Hall–Kier alpha value is -0.110. The van der Waals surface area contributed by atoms with Crippen molar-refractivity contribution in [1.29, 1.82) is 0 Å². The van der Waals surface area contributed by atoms with Crippen LogP contribution in [0.25, 0.3) is 0 Å². The Morgan fingerprint density at radius 2 is 1.90 bits per heavy atom. The van der Waals surface area contributed by atoms with Gasteiger partial charge >= 0.3 is 0 Å². The maximum atomic E-state index is 9.50. The van der Waals surface area contributed by atoms with Gasteiger partial charge in [0, 0.05) is 6.61 Å². The second kappa shape index (κ2) is 11.7. The first-order valence-electron chi connectivity index (χ1n) is 3.80. The number of aliphatic hydroxyl groups excluding tert-OH is 1. The van der Waals surface area contributed by atoms with Crippen molar-refractivity contribution in [3.63, 3.8) is 0 Å². The number of alkyl halides is 1. The summed E-state index contributed by atoms with van der Waals surface area (Å²) in [6, 6.07) is 0. The fourth-order valence-corrected chi connectivity index (χ4v) is 0.644. The van der Waals surface area contributed by atoms with E-state index in [1.807, 2.05) is 0 Å². The van der Waals surface area contributed by atoms with Crippen molar-refractivity contribution in [1.82, 2.24) is 0 Å². The molecule has 0 fully saturated rings. The summed E-state index contributed by atoms with van der Waals surface area (Å²) in [7, 11) is 0.500. The van der Waals surface area contributed by atoms with Crippen LogP contribution < -0.4 is 0 Å². The zero-order valence-corrected chi connectivity index (χ0v) is 7.23. The minimum atomic E-state index is 0.347. The van der Waals surface area contributed by atoms with Gasteiger partial charge in [-0.2, -0.15) is 0 Å². The largest absolute Gasteiger partial charge is 0.396 e. The zero-order chi connectivity index (χ0) is 8.41. The second-order valence-corrected chi connectivity index (χ2v) is 2.43. The molecule has 10 heavy (non-hydrogen) atoms. The molecule has 2 heteroatoms. The molecule has 0 spiro atoms. The van der Waals surface area contributed by atoms with Crippen molar-refractivity contribution in [2.24, 2.45) is 5.92 Å². The van der Waals surface area contributed by atoms with E-state index >= 15 is 0 Å². The Morgan fingerprint density at radius 1 is 1.40 bits per heavy atom. The van der Waals surface area contributed by atoms with Gasteiger partial charge in [0.05, 0.1) is 7.18 Å². The van der Waals surface area contributed by atoms with Gasteiger partial charge in [0.2, 0.25) is 0 Å². The highest BCUT2D eigenvalue weighted by atomic mass is 19.1. The number of aliphatic hydroxyl groups is 1. The smallest absolute Gasteiger partial charge is 0.0785 e. The highest BCUT2D eigenvalue weighted by molar-refractivity contribution is 4.48. The predicted octanol–water partition coefficient (Wildman–Crippen LogP) is 2.39. The highest BCUT2D eigenvalue weighted by Crippen LogP contribution is 2.04. The van der Waals surface area contributed by atoms with Crippen molar-refractivity contribution in [3.05, 3.63) is 0 Å². The molecular weight excluding hydrogens is 131 g/mol. The topological polar surface area (TPSA) is 20.2 Å². The Kier molecular flexibility index (Phi) is 14.6. The summed E-state index contributed by atoms with van der Waals surface area (Å²) in [6.45, 7) is 4.60. The van der Waals surface area contributed by atoms with Crippen molar-refractivity contribution < 1.29 is 9.50 Å². The van der Waals surface area contributed by atoms with Crippen LogP contribution in [0, 0.1) is 5.92 Å². The summed E-state index contributed by atoms with van der Waals surface area (Å²) in [6.07, 6.45) is 3.67. The van der Waals surface area contributed by atoms with Gasteiger partial charge in [-0.1, -0.05) is 26.7 Å². The lowest BCUT2D eigenvalue weighted by Crippen LogP contribution is -1.98. The normalized spacial score (nSPS) is 11.7. The van der Waals surface area contributed by atoms with E-state index < -0.39 is 0 Å². The standard InChI is InChI=1S/C7H16O.CH3F/c1-3-4-5-7(2)6-8;1-2/h7-8H,3-6H2,1-2H3;1H3/t7-;/m1./s1. The Balaban J connectivity index is 0. The lowest BCUT2D eigenvalue weighted by atomic mass is 10.1. The van der Waals surface area contributed by atoms with Crippen LogP contribution in [0.15, 0.2) is 0 Å². The number of hydrogen-bond acceptors (Lipinski definition) is 1. The van der Waals surface area contributed by atoms with Crippen molar-refractivity contribution in [3.8, 4) is 0 Å². The minimum Gasteiger partial charge on any atom is -0.396 e. The summed E-state index contributed by atoms with van der Waals surface area (Å²) in [4.78, 5) is 0. The molecule has 0 aliphatic rings. The number of hydrogen-bond donors (Lipinski definition) is 1. The Bertz CT molecular complexity index is 48.5. The van der Waals surface area contributed by atoms with E-state index in [0.29, 0.717) is 19.7 Å². The van der Waals surface area contributed by atoms with E-state index in [4.69, 9.17) is 5.11 Å². The summed E-state index contributed by atoms with van der Waals surface area (Å²) in [5, 5.41) is 8.56. The zero-order valence-electron chi connectivity index (χ0n) is 7.23. The van der Waals surface area contributed by atoms with Gasteiger partial charge in [-0.05, 0) is 12.3 Å². The molecule has 0 aromatic rings. The molecule has 0 aromatic heterocycles. The first-order chi connectivity index (χ1) is 4.81. The van der Waals surface area contributed by atoms with Gasteiger partial charge in [0.15, 0.2) is 0 Å². The maximum Gasteiger partial charge on any atom is 0.0785 e. The molecule has 0 aliphatic carbocycles. The predicted molar refractivity (Wildman–Crippen MR) is 42.8 cm³/mol. The molecule has 1 nitrogen and oxygen atoms in total. The molecule has 0 radical (unpaired) electrons. The molecule has 0 aromatic carbocycles. The van der Waals surface area contributed by atoms with Crippen LogP contribution in [-0.2, 0) is 0 Å². The fourth-order valence-electron chi connectivity index (χ4n) is 0.644. The summed E-state index contributed by atoms with van der Waals surface area (Å²) in [5.74, 6) is 0.509. The third kappa shape index (κ3) is 10.8. The lowest BCUT2D eigenvalue weighted by Gasteiger charge is -2.03. The van der Waals surface area contributed by atoms with Crippen LogP contribution in [-0.4, -0.2) is 18.9 Å². The number of rotatable bonds is 4. The number of unbranched alkanes of at least 4 members (excludes halogenated alkanes) is 1. The molecule has 0 rings (SSSR count). The first kappa shape index (κ1) is 12.6. The van der Waals surface area contributed by atoms with Crippen LogP contribution >= 0.6 is 0 Å². The second-order valence-electron chi connectivity index (χ2n) is 2.43. The van der Waals surface area contributed by atoms with Crippen LogP contribution in [0.2, 0.25) is 0 Å². The monoisotopic (exact) mass is 150 g/mol. The quantitative estimate of drug-likeness (QED) is 0.652. The fraction of sp³-hybridized carbons (Fsp3) is 1.00. The van der Waals surface area contributed by atoms with Crippen LogP contribution in [0.3, 0.4) is 0 Å². The minimum absolute atomic E-state index is 0.347. The van der Waals surface area contributed by atoms with E-state index in [-0.39, 0.29) is 0 Å². The summed E-state index contributed by atoms with van der Waals surface area (Å²) >= 11 is 0. The molecule has 0 aliphatic heterocycles. The average molecular weight is 150 g/mol. The molecule has 0 saturated heterocycles. The van der Waals surface area contributed by atoms with Crippen molar-refractivity contribution in [2.75, 3.05) is 13.8 Å². The molecular formula is C8H19FO. The van der Waals surface area contributed by atoms with Crippen LogP contribution in [0.4, 0.5) is 4.39 Å². The van der Waals surface area contributed by atoms with Gasteiger partial charge in [-0.3, -0.25) is 4.39 Å². The van der Waals surface area contributed by atoms with E-state index in [1.54, 1.807) is 0 Å². The van der Waals surface area contributed by atoms with E-state index in [2.05, 4.69) is 13.8 Å². The maximum absolute atomic E-state index is 9.50. The van der Waals surface area contributed by atoms with Gasteiger partial charge in [0.1, 0.15) is 0 Å². The van der Waals surface area contributed by atoms with E-state index in [9.17, 15) is 4.39 Å². The molecule has 0 amide bonds. The SMILES string of the molecule is CCCC[C@@H](C)CO.CF. The molecule has 0 heterocycles. The van der Waals surface area contributed by atoms with Crippen molar-refractivity contribution in [2.45, 2.75) is 33.1 Å². The Labute approximate surface area is 63.3 Å². The van der Waals surface area contributed by atoms with Gasteiger partial charge in [-0.25, -0.2) is 0 Å². The molecule has 1 atom stereocenters. The summed E-state index contributed by atoms with van der Waals surface area (Å²) in [5.41, 5.74) is 0. The number of halogens is 1. The van der Waals surface area contributed by atoms with Gasteiger partial charge in [-0.15, -0.1) is 0 Å². The Morgan fingerprint density at radius 3 is 2.20 bits per heavy atom. The van der Waals surface area contributed by atoms with Gasteiger partial charge in [0.25, 0.3) is 0 Å². The molecule has 0 unspecified atom stereocenters. The van der Waals surface area contributed by atoms with E-state index in [1.165, 1.54) is 19.3 Å². The third-order valence-corrected chi connectivity index (χ3v) is 1.36. The van der Waals surface area contributed by atoms with E-state index in [0.717, 1.165) is 0 Å². The summed E-state index contributed by atoms with van der Waals surface area (Å²) < 4.78 is 9.50. The molecule has 64 valence electrons. The first-order valence-corrected chi connectivity index (χ1v) is 3.80. The molecule has 0 bridgehead atoms.